The monoisotopic (exact) mass is 368 g/mol. The minimum atomic E-state index is -5.10. The Morgan fingerprint density at radius 3 is 2.05 bits per heavy atom. The molecule has 0 aliphatic heterocycles. The first-order chi connectivity index (χ1) is 8.96. The molecule has 0 unspecified atom stereocenters. The highest BCUT2D eigenvalue weighted by Crippen LogP contribution is 2.44. The summed E-state index contributed by atoms with van der Waals surface area (Å²) in [5.41, 5.74) is 0. The van der Waals surface area contributed by atoms with E-state index in [-0.39, 0.29) is 15.9 Å². The molecule has 0 bridgehead atoms. The zero-order valence-electron chi connectivity index (χ0n) is 9.25. The van der Waals surface area contributed by atoms with Crippen LogP contribution in [0.4, 0.5) is 5.82 Å². The number of nitrogens with zero attached hydrogens (tertiary/aromatic N) is 1. The smallest absolute Gasteiger partial charge is 0.320 e. The van der Waals surface area contributed by atoms with E-state index in [1.54, 1.807) is 0 Å². The first-order valence-corrected chi connectivity index (χ1v) is 8.33. The molecule has 0 aliphatic rings. The van der Waals surface area contributed by atoms with E-state index in [0.717, 1.165) is 6.20 Å². The molecule has 14 heteroatoms. The molecule has 0 aliphatic carbocycles. The van der Waals surface area contributed by atoms with Crippen molar-refractivity contribution in [2.24, 2.45) is 0 Å². The molecule has 0 atom stereocenters. The first-order valence-electron chi connectivity index (χ1n) is 4.52. The third kappa shape index (κ3) is 6.96. The Morgan fingerprint density at radius 2 is 1.65 bits per heavy atom. The van der Waals surface area contributed by atoms with E-state index in [4.69, 9.17) is 42.8 Å². The second-order valence-electron chi connectivity index (χ2n) is 3.15. The van der Waals surface area contributed by atoms with Gasteiger partial charge in [0.05, 0.1) is 10.0 Å². The van der Waals surface area contributed by atoms with Crippen molar-refractivity contribution >= 4 is 44.7 Å². The summed E-state index contributed by atoms with van der Waals surface area (Å²) in [5.74, 6) is -0.219. The molecule has 114 valence electrons. The maximum absolute atomic E-state index is 10.7. The summed E-state index contributed by atoms with van der Waals surface area (Å²) in [4.78, 5) is 38.1. The van der Waals surface area contributed by atoms with Gasteiger partial charge in [-0.2, -0.15) is 0 Å². The van der Waals surface area contributed by atoms with E-state index < -0.39 is 22.1 Å². The van der Waals surface area contributed by atoms with Crippen LogP contribution in [0.25, 0.3) is 0 Å². The molecule has 1 aromatic rings. The highest BCUT2D eigenvalue weighted by atomic mass is 35.5. The van der Waals surface area contributed by atoms with E-state index in [9.17, 15) is 9.13 Å². The molecule has 1 rings (SSSR count). The van der Waals surface area contributed by atoms with Crippen molar-refractivity contribution < 1.29 is 37.8 Å². The Balaban J connectivity index is 2.94. The summed E-state index contributed by atoms with van der Waals surface area (Å²) >= 11 is 11.3. The molecule has 0 saturated heterocycles. The van der Waals surface area contributed by atoms with Crippen LogP contribution >= 0.6 is 38.8 Å². The maximum Gasteiger partial charge on any atom is 0.473 e. The first kappa shape index (κ1) is 17.8. The lowest BCUT2D eigenvalue weighted by Crippen LogP contribution is -2.25. The molecule has 10 nitrogen and oxygen atoms in total. The zero-order chi connectivity index (χ0) is 15.6. The van der Waals surface area contributed by atoms with Crippen LogP contribution in [-0.4, -0.2) is 31.0 Å². The number of rotatable bonds is 6. The van der Waals surface area contributed by atoms with Crippen LogP contribution in [0.1, 0.15) is 0 Å². The minimum Gasteiger partial charge on any atom is -0.320 e. The van der Waals surface area contributed by atoms with Gasteiger partial charge in [-0.05, 0) is 6.07 Å². The fourth-order valence-corrected chi connectivity index (χ4v) is 2.15. The van der Waals surface area contributed by atoms with Crippen LogP contribution in [0.15, 0.2) is 12.3 Å². The second-order valence-corrected chi connectivity index (χ2v) is 6.38. The number of hydrogen-bond donors (Lipinski definition) is 5. The number of phosphoric ester groups is 2. The van der Waals surface area contributed by atoms with E-state index in [1.165, 1.54) is 6.07 Å². The molecule has 1 heterocycles. The van der Waals surface area contributed by atoms with Crippen LogP contribution in [0.2, 0.25) is 10.0 Å². The lowest BCUT2D eigenvalue weighted by Gasteiger charge is -2.20. The number of halogens is 2. The molecular formula is C6H8Cl2N2O8P2. The van der Waals surface area contributed by atoms with Gasteiger partial charge in [-0.15, -0.1) is 0 Å². The van der Waals surface area contributed by atoms with Crippen LogP contribution in [0.3, 0.4) is 0 Å². The van der Waals surface area contributed by atoms with Gasteiger partial charge in [0.2, 0.25) is 0 Å². The van der Waals surface area contributed by atoms with Crippen molar-refractivity contribution in [3.8, 4) is 0 Å². The predicted octanol–water partition coefficient (Wildman–Crippen LogP) is 1.30. The van der Waals surface area contributed by atoms with Crippen molar-refractivity contribution in [2.75, 3.05) is 5.32 Å². The lowest BCUT2D eigenvalue weighted by atomic mass is 10.4. The largest absolute Gasteiger partial charge is 0.473 e. The van der Waals surface area contributed by atoms with Crippen molar-refractivity contribution in [3.05, 3.63) is 22.3 Å². The summed E-state index contributed by atoms with van der Waals surface area (Å²) in [6.45, 7) is 0. The Hall–Kier alpha value is -0.250. The number of anilines is 1. The Bertz CT molecular complexity index is 550. The van der Waals surface area contributed by atoms with E-state index in [2.05, 4.69) is 19.3 Å². The van der Waals surface area contributed by atoms with Crippen molar-refractivity contribution in [1.29, 1.82) is 0 Å². The number of phosphoric acid groups is 2. The zero-order valence-corrected chi connectivity index (χ0v) is 12.6. The molecule has 5 N–H and O–H groups in total. The van der Waals surface area contributed by atoms with E-state index in [0.29, 0.717) is 0 Å². The van der Waals surface area contributed by atoms with Gasteiger partial charge in [0, 0.05) is 6.20 Å². The lowest BCUT2D eigenvalue weighted by molar-refractivity contribution is -0.0128. The predicted molar refractivity (Wildman–Crippen MR) is 67.9 cm³/mol. The van der Waals surface area contributed by atoms with E-state index in [1.807, 2.05) is 0 Å². The van der Waals surface area contributed by atoms with Gasteiger partial charge in [-0.1, -0.05) is 23.2 Å². The summed E-state index contributed by atoms with van der Waals surface area (Å²) < 4.78 is 29.4. The Kier molecular flexibility index (Phi) is 5.94. The minimum absolute atomic E-state index is 0.0916. The van der Waals surface area contributed by atoms with Crippen LogP contribution in [0.5, 0.6) is 0 Å². The van der Waals surface area contributed by atoms with Gasteiger partial charge >= 0.3 is 15.6 Å². The SMILES string of the molecule is O=P(O)(O)OC(Nc1ncc(Cl)cc1Cl)OP(=O)(O)O. The van der Waals surface area contributed by atoms with Gasteiger partial charge in [0.1, 0.15) is 5.82 Å². The molecule has 0 saturated carbocycles. The third-order valence-corrected chi connectivity index (χ3v) is 2.96. The molecular weight excluding hydrogens is 361 g/mol. The molecule has 0 spiro atoms. The molecule has 0 radical (unpaired) electrons. The van der Waals surface area contributed by atoms with Crippen LogP contribution < -0.4 is 5.32 Å². The van der Waals surface area contributed by atoms with Crippen molar-refractivity contribution in [1.82, 2.24) is 4.98 Å². The van der Waals surface area contributed by atoms with Gasteiger partial charge in [-0.3, -0.25) is 0 Å². The fourth-order valence-electron chi connectivity index (χ4n) is 0.954. The Labute approximate surface area is 122 Å². The molecule has 0 fully saturated rings. The number of hydrogen-bond acceptors (Lipinski definition) is 6. The highest BCUT2D eigenvalue weighted by molar-refractivity contribution is 7.47. The standard InChI is InChI=1S/C6H8Cl2N2O8P2/c7-3-1-4(8)5(9-2-3)10-6(17-19(11,12)13)18-20(14,15)16/h1-2,6H,(H,9,10)(H2,11,12,13)(H2,14,15,16). The quantitative estimate of drug-likeness (QED) is 0.365. The van der Waals surface area contributed by atoms with Crippen LogP contribution in [-0.2, 0) is 18.2 Å². The van der Waals surface area contributed by atoms with Gasteiger partial charge < -0.3 is 24.9 Å². The van der Waals surface area contributed by atoms with Crippen molar-refractivity contribution in [2.45, 2.75) is 6.41 Å². The summed E-state index contributed by atoms with van der Waals surface area (Å²) in [6, 6.07) is 1.23. The summed E-state index contributed by atoms with van der Waals surface area (Å²) in [5, 5.41) is 2.14. The number of pyridine rings is 1. The molecule has 1 aromatic heterocycles. The molecule has 0 amide bonds. The molecule has 0 aromatic carbocycles. The van der Waals surface area contributed by atoms with Gasteiger partial charge in [-0.25, -0.2) is 23.2 Å². The molecule has 20 heavy (non-hydrogen) atoms. The maximum atomic E-state index is 10.7. The normalized spacial score (nSPS) is 12.8. The van der Waals surface area contributed by atoms with Gasteiger partial charge in [0.25, 0.3) is 6.41 Å². The third-order valence-electron chi connectivity index (χ3n) is 1.53. The average Bonchev–Trinajstić information content (AvgIpc) is 2.17. The topological polar surface area (TPSA) is 158 Å². The Morgan fingerprint density at radius 1 is 1.15 bits per heavy atom. The fraction of sp³-hybridized carbons (Fsp3) is 0.167. The van der Waals surface area contributed by atoms with Crippen molar-refractivity contribution in [3.63, 3.8) is 0 Å². The number of aromatic nitrogens is 1. The van der Waals surface area contributed by atoms with E-state index >= 15 is 0 Å². The second kappa shape index (κ2) is 6.67. The van der Waals surface area contributed by atoms with Crippen LogP contribution in [0, 0.1) is 0 Å². The summed E-state index contributed by atoms with van der Waals surface area (Å²) in [7, 11) is -10.2. The van der Waals surface area contributed by atoms with Gasteiger partial charge in [0.15, 0.2) is 0 Å². The number of nitrogens with one attached hydrogen (secondary N) is 1. The highest BCUT2D eigenvalue weighted by Gasteiger charge is 2.30. The summed E-state index contributed by atoms with van der Waals surface area (Å²) in [6.07, 6.45) is -1.07. The average molecular weight is 369 g/mol.